The van der Waals surface area contributed by atoms with Gasteiger partial charge in [-0.25, -0.2) is 4.98 Å². The molecule has 1 saturated heterocycles. The van der Waals surface area contributed by atoms with Crippen molar-refractivity contribution in [2.75, 3.05) is 26.0 Å². The van der Waals surface area contributed by atoms with Crippen LogP contribution in [0.25, 0.3) is 6.08 Å². The summed E-state index contributed by atoms with van der Waals surface area (Å²) in [5.74, 6) is 0.752. The highest BCUT2D eigenvalue weighted by Gasteiger charge is 2.32. The number of alkyl halides is 3. The maximum absolute atomic E-state index is 13.8. The molecule has 8 heteroatoms. The van der Waals surface area contributed by atoms with Gasteiger partial charge in [0.1, 0.15) is 5.82 Å². The van der Waals surface area contributed by atoms with Crippen molar-refractivity contribution in [3.63, 3.8) is 0 Å². The first-order valence-corrected chi connectivity index (χ1v) is 13.0. The van der Waals surface area contributed by atoms with E-state index in [2.05, 4.69) is 20.5 Å². The molecule has 1 aromatic heterocycles. The molecule has 0 aromatic carbocycles. The lowest BCUT2D eigenvalue weighted by molar-refractivity contribution is -0.0884. The lowest BCUT2D eigenvalue weighted by atomic mass is 9.93. The topological polar surface area (TPSA) is 49.4 Å². The Morgan fingerprint density at radius 3 is 2.71 bits per heavy atom. The van der Waals surface area contributed by atoms with Gasteiger partial charge in [-0.15, -0.1) is 0 Å². The van der Waals surface area contributed by atoms with E-state index in [0.29, 0.717) is 12.0 Å². The molecule has 2 N–H and O–H groups in total. The molecule has 2 aliphatic rings. The van der Waals surface area contributed by atoms with Gasteiger partial charge in [-0.05, 0) is 81.7 Å². The smallest absolute Gasteiger partial charge is 0.376 e. The predicted octanol–water partition coefficient (Wildman–Crippen LogP) is 7.43. The molecule has 0 amide bonds. The van der Waals surface area contributed by atoms with Crippen LogP contribution in [0.15, 0.2) is 76.8 Å². The van der Waals surface area contributed by atoms with Crippen LogP contribution in [0.2, 0.25) is 0 Å². The van der Waals surface area contributed by atoms with Gasteiger partial charge in [0.25, 0.3) is 0 Å². The Hall–Kier alpha value is -3.26. The Bertz CT molecular complexity index is 1170. The lowest BCUT2D eigenvalue weighted by Crippen LogP contribution is -2.38. The standard InChI is InChI=1S/C30H39F3N4O/c1-7-10-21(18-22(11-8-2)30(31,32)33)25(20(3)4)19-27-26(12-9-17-37(27)5)36-28-23-13-16-35-29(38-6)24(23)14-15-34-28/h7,10-11,13-16,18-19,26,29,35H,8-9,12,17H2,1-6H3,(H,34,36)/b10-7-,21-18+,22-11-,27-19-. The third-order valence-corrected chi connectivity index (χ3v) is 6.69. The summed E-state index contributed by atoms with van der Waals surface area (Å²) in [6.07, 6.45) is 11.1. The summed E-state index contributed by atoms with van der Waals surface area (Å²) < 4.78 is 46.9. The third-order valence-electron chi connectivity index (χ3n) is 6.69. The minimum atomic E-state index is -4.42. The van der Waals surface area contributed by atoms with Crippen molar-refractivity contribution >= 4 is 11.9 Å². The summed E-state index contributed by atoms with van der Waals surface area (Å²) >= 11 is 0. The highest BCUT2D eigenvalue weighted by molar-refractivity contribution is 5.68. The van der Waals surface area contributed by atoms with Crippen molar-refractivity contribution in [2.45, 2.75) is 65.4 Å². The number of nitrogens with zero attached hydrogens (tertiary/aromatic N) is 2. The summed E-state index contributed by atoms with van der Waals surface area (Å²) in [6, 6.07) is 1.87. The minimum absolute atomic E-state index is 0.0634. The van der Waals surface area contributed by atoms with Crippen LogP contribution in [-0.4, -0.2) is 42.8 Å². The molecule has 2 aliphatic heterocycles. The first kappa shape index (κ1) is 29.3. The number of likely N-dealkylation sites (N-methyl/N-ethyl adjacent to an activating group) is 1. The van der Waals surface area contributed by atoms with Crippen molar-refractivity contribution in [3.05, 3.63) is 88.0 Å². The first-order valence-electron chi connectivity index (χ1n) is 13.0. The molecule has 1 aromatic rings. The number of fused-ring (bicyclic) bond motifs is 1. The molecule has 0 saturated carbocycles. The van der Waals surface area contributed by atoms with Crippen LogP contribution >= 0.6 is 0 Å². The zero-order valence-electron chi connectivity index (χ0n) is 23.1. The van der Waals surface area contributed by atoms with Crippen LogP contribution in [-0.2, 0) is 4.74 Å². The zero-order chi connectivity index (χ0) is 27.9. The summed E-state index contributed by atoms with van der Waals surface area (Å²) in [4.78, 5) is 6.80. The molecular formula is C30H39F3N4O. The molecule has 1 fully saturated rings. The Balaban J connectivity index is 2.06. The van der Waals surface area contributed by atoms with Crippen molar-refractivity contribution in [1.82, 2.24) is 15.2 Å². The molecule has 38 heavy (non-hydrogen) atoms. The molecule has 0 bridgehead atoms. The van der Waals surface area contributed by atoms with Gasteiger partial charge < -0.3 is 20.3 Å². The van der Waals surface area contributed by atoms with Crippen molar-refractivity contribution in [1.29, 1.82) is 0 Å². The lowest BCUT2D eigenvalue weighted by Gasteiger charge is -2.36. The molecule has 0 aliphatic carbocycles. The highest BCUT2D eigenvalue weighted by atomic mass is 19.4. The van der Waals surface area contributed by atoms with E-state index in [0.717, 1.165) is 53.2 Å². The first-order chi connectivity index (χ1) is 18.1. The molecule has 2 atom stereocenters. The van der Waals surface area contributed by atoms with Crippen molar-refractivity contribution < 1.29 is 17.9 Å². The van der Waals surface area contributed by atoms with Gasteiger partial charge in [0.2, 0.25) is 0 Å². The van der Waals surface area contributed by atoms with E-state index in [1.54, 1.807) is 32.4 Å². The summed E-state index contributed by atoms with van der Waals surface area (Å²) in [5, 5.41) is 6.82. The molecule has 3 rings (SSSR count). The second-order valence-corrected chi connectivity index (χ2v) is 9.69. The van der Waals surface area contributed by atoms with E-state index in [-0.39, 0.29) is 12.3 Å². The number of rotatable bonds is 8. The SMILES string of the molecule is C\C=C/C(=C\C(=C\CC)C(F)(F)F)C(/C=C1/C(Nc2nccc3c2C=CNC3OC)CCCN1C)=C(C)C. The molecular weight excluding hydrogens is 489 g/mol. The fourth-order valence-corrected chi connectivity index (χ4v) is 4.81. The number of hydrogen-bond acceptors (Lipinski definition) is 5. The number of anilines is 1. The third kappa shape index (κ3) is 6.98. The van der Waals surface area contributed by atoms with E-state index < -0.39 is 11.7 Å². The second-order valence-electron chi connectivity index (χ2n) is 9.69. The molecule has 0 radical (unpaired) electrons. The van der Waals surface area contributed by atoms with Crippen LogP contribution in [0.1, 0.15) is 64.3 Å². The monoisotopic (exact) mass is 528 g/mol. The highest BCUT2D eigenvalue weighted by Crippen LogP contribution is 2.34. The molecule has 2 unspecified atom stereocenters. The fourth-order valence-electron chi connectivity index (χ4n) is 4.81. The molecule has 0 spiro atoms. The largest absolute Gasteiger partial charge is 0.416 e. The van der Waals surface area contributed by atoms with Crippen molar-refractivity contribution in [2.24, 2.45) is 0 Å². The zero-order valence-corrected chi connectivity index (χ0v) is 23.1. The molecule has 5 nitrogen and oxygen atoms in total. The average molecular weight is 529 g/mol. The average Bonchev–Trinajstić information content (AvgIpc) is 2.87. The van der Waals surface area contributed by atoms with Crippen LogP contribution in [0.3, 0.4) is 0 Å². The van der Waals surface area contributed by atoms with Crippen LogP contribution in [0.5, 0.6) is 0 Å². The van der Waals surface area contributed by atoms with Crippen LogP contribution in [0, 0.1) is 0 Å². The number of piperidine rings is 1. The fraction of sp³-hybridized carbons (Fsp3) is 0.433. The van der Waals surface area contributed by atoms with Gasteiger partial charge in [0.15, 0.2) is 6.23 Å². The number of hydrogen-bond donors (Lipinski definition) is 2. The second kappa shape index (κ2) is 13.0. The predicted molar refractivity (Wildman–Crippen MR) is 149 cm³/mol. The summed E-state index contributed by atoms with van der Waals surface area (Å²) in [7, 11) is 3.68. The number of methoxy groups -OCH3 is 1. The van der Waals surface area contributed by atoms with E-state index >= 15 is 0 Å². The van der Waals surface area contributed by atoms with Gasteiger partial charge in [0.05, 0.1) is 11.6 Å². The van der Waals surface area contributed by atoms with Crippen LogP contribution < -0.4 is 10.6 Å². The van der Waals surface area contributed by atoms with Gasteiger partial charge in [-0.1, -0.05) is 30.7 Å². The normalized spacial score (nSPS) is 21.5. The number of nitrogens with one attached hydrogen (secondary N) is 2. The number of aromatic nitrogens is 1. The van der Waals surface area contributed by atoms with Gasteiger partial charge >= 0.3 is 6.18 Å². The Kier molecular flexibility index (Phi) is 10.0. The Morgan fingerprint density at radius 1 is 1.32 bits per heavy atom. The summed E-state index contributed by atoms with van der Waals surface area (Å²) in [5.41, 5.74) is 4.57. The maximum atomic E-state index is 13.8. The maximum Gasteiger partial charge on any atom is 0.416 e. The van der Waals surface area contributed by atoms with E-state index in [1.807, 2.05) is 52.2 Å². The minimum Gasteiger partial charge on any atom is -0.376 e. The van der Waals surface area contributed by atoms with Gasteiger partial charge in [-0.2, -0.15) is 13.2 Å². The Morgan fingerprint density at radius 2 is 2.08 bits per heavy atom. The molecule has 206 valence electrons. The van der Waals surface area contributed by atoms with E-state index in [9.17, 15) is 13.2 Å². The van der Waals surface area contributed by atoms with Gasteiger partial charge in [-0.3, -0.25) is 0 Å². The number of allylic oxidation sites excluding steroid dienone is 9. The Labute approximate surface area is 224 Å². The number of halogens is 3. The number of likely N-dealkylation sites (tertiary alicyclic amines) is 1. The number of pyridine rings is 1. The summed E-state index contributed by atoms with van der Waals surface area (Å²) in [6.45, 7) is 8.26. The molecule has 3 heterocycles. The number of ether oxygens (including phenoxy) is 1. The van der Waals surface area contributed by atoms with Crippen LogP contribution in [0.4, 0.5) is 19.0 Å². The van der Waals surface area contributed by atoms with Gasteiger partial charge in [0, 0.05) is 43.7 Å². The van der Waals surface area contributed by atoms with E-state index in [4.69, 9.17) is 4.74 Å². The van der Waals surface area contributed by atoms with E-state index in [1.165, 1.54) is 12.2 Å². The van der Waals surface area contributed by atoms with Crippen molar-refractivity contribution in [3.8, 4) is 0 Å². The quantitative estimate of drug-likeness (QED) is 0.344.